The van der Waals surface area contributed by atoms with Gasteiger partial charge in [-0.3, -0.25) is 0 Å². The van der Waals surface area contributed by atoms with Gasteiger partial charge in [-0.05, 0) is 101 Å². The first-order valence-corrected chi connectivity index (χ1v) is 31.5. The normalized spacial score (nSPS) is 14.4. The van der Waals surface area contributed by atoms with E-state index < -0.39 is 65.8 Å². The van der Waals surface area contributed by atoms with E-state index in [0.29, 0.717) is 45.6 Å². The number of hydrogen-bond donors (Lipinski definition) is 0. The maximum Gasteiger partial charge on any atom is 0.143 e. The van der Waals surface area contributed by atoms with Crippen molar-refractivity contribution in [2.75, 3.05) is 9.80 Å². The fourth-order valence-electron chi connectivity index (χ4n) is 12.0. The number of ether oxygens (including phenoxy) is 2. The second kappa shape index (κ2) is 24.5. The summed E-state index contributed by atoms with van der Waals surface area (Å²) >= 11 is 0. The molecule has 10 aromatic carbocycles. The maximum atomic E-state index is 9.22. The minimum atomic E-state index is -0.574. The van der Waals surface area contributed by atoms with Crippen LogP contribution in [0.3, 0.4) is 0 Å². The van der Waals surface area contributed by atoms with Crippen molar-refractivity contribution >= 4 is 44.6 Å². The monoisotopic (exact) mass is 1410 g/mol. The number of nitrogens with zero attached hydrogens (tertiary/aromatic N) is 4. The average Bonchev–Trinajstić information content (AvgIpc) is 1.63. The molecule has 0 bridgehead atoms. The largest absolute Gasteiger partial charge is 0.509 e. The molecule has 93 heavy (non-hydrogen) atoms. The van der Waals surface area contributed by atoms with Gasteiger partial charge in [0.1, 0.15) is 17.3 Å². The molecule has 0 unspecified atom stereocenters. The van der Waals surface area contributed by atoms with Crippen LogP contribution in [0.1, 0.15) is 145 Å². The molecule has 7 heteroatoms. The molecule has 0 saturated heterocycles. The van der Waals surface area contributed by atoms with E-state index in [1.54, 1.807) is 36.0 Å². The molecular formula is C86H83N4O2Pt-3. The summed E-state index contributed by atoms with van der Waals surface area (Å²) in [5, 5.41) is 1.90. The van der Waals surface area contributed by atoms with Crippen LogP contribution in [-0.2, 0) is 48.1 Å². The second-order valence-electron chi connectivity index (χ2n) is 29.2. The molecule has 0 fully saturated rings. The standard InChI is InChI=1S/C86H83N4O2.Pt/c1-82(2,3)60-44-58(45-61(48-60)83(4,5)6)71-35-27-36-72(59-46-62(84(7,8)9)49-63(47-59)85(10,11)12)81(71)92-67-42-43-87-79(54-67)90-75-37-23-22-32-73(75)74-41-40-66(53-78(74)90)91-68-51-64(86(13,14)15)50-65(52-68)88-55-89(77-39-25-24-38-76(77)88)80-69(56-28-18-16-19-29-56)33-26-34-70(80)57-30-20-17-21-31-57;/h16-51,54-55H,1-15H3;/q-3;/i16D,17D,18D,19D,20D,21D,28D,29D,30D,31D;. The Morgan fingerprint density at radius 1 is 0.419 bits per heavy atom. The van der Waals surface area contributed by atoms with Crippen molar-refractivity contribution in [2.45, 2.75) is 131 Å². The summed E-state index contributed by atoms with van der Waals surface area (Å²) in [6.45, 7) is 35.3. The predicted molar refractivity (Wildman–Crippen MR) is 386 cm³/mol. The van der Waals surface area contributed by atoms with Crippen LogP contribution >= 0.6 is 0 Å². The summed E-state index contributed by atoms with van der Waals surface area (Å²) in [5.74, 6) is 2.67. The first kappa shape index (κ1) is 52.5. The van der Waals surface area contributed by atoms with Gasteiger partial charge in [-0.25, -0.2) is 4.98 Å². The summed E-state index contributed by atoms with van der Waals surface area (Å²) in [6, 6.07) is 54.8. The number of rotatable bonds is 11. The van der Waals surface area contributed by atoms with Gasteiger partial charge in [0.05, 0.1) is 13.7 Å². The van der Waals surface area contributed by atoms with Crippen LogP contribution in [0.5, 0.6) is 23.0 Å². The Morgan fingerprint density at radius 3 is 1.43 bits per heavy atom. The van der Waals surface area contributed by atoms with Gasteiger partial charge in [0.25, 0.3) is 0 Å². The smallest absolute Gasteiger partial charge is 0.143 e. The molecule has 13 rings (SSSR count). The number of fused-ring (bicyclic) bond motifs is 4. The first-order valence-electron chi connectivity index (χ1n) is 36.5. The molecule has 472 valence electrons. The van der Waals surface area contributed by atoms with Gasteiger partial charge in [0.2, 0.25) is 0 Å². The second-order valence-corrected chi connectivity index (χ2v) is 29.2. The van der Waals surface area contributed by atoms with E-state index >= 15 is 0 Å². The molecule has 12 aromatic rings. The van der Waals surface area contributed by atoms with Crippen molar-refractivity contribution < 1.29 is 44.2 Å². The Kier molecular flexibility index (Phi) is 13.8. The van der Waals surface area contributed by atoms with Gasteiger partial charge < -0.3 is 23.8 Å². The third-order valence-corrected chi connectivity index (χ3v) is 17.3. The van der Waals surface area contributed by atoms with E-state index in [4.69, 9.17) is 22.7 Å². The van der Waals surface area contributed by atoms with Gasteiger partial charge in [-0.1, -0.05) is 273 Å². The zero-order valence-corrected chi connectivity index (χ0v) is 57.9. The summed E-state index contributed by atoms with van der Waals surface area (Å²) in [6.07, 6.45) is 1.79. The third-order valence-electron chi connectivity index (χ3n) is 17.3. The summed E-state index contributed by atoms with van der Waals surface area (Å²) in [7, 11) is 0. The Bertz CT molecular complexity index is 5100. The SMILES string of the molecule is [2H]c1c([2H])c([2H])c(-c2cccc(-c3c([2H])c([2H])c([2H])c([2H])c3[2H])c2N2[CH-]N(c3[c-]c(Oc4[c-]c5c(cc4)c4ccccc4n5-c4cc(Oc5c(-c6cc(C(C)(C)C)cc(C(C)(C)C)c6)cccc5-c5cc(C(C)(C)C)cc(C(C)(C)C)c5)ccn4)cc(C(C)(C)C)c3)c3ccccc32)c([2H])c1[2H].[Pt]. The number of anilines is 4. The average molecular weight is 1410 g/mol. The Hall–Kier alpha value is -8.96. The zero-order valence-electron chi connectivity index (χ0n) is 65.6. The summed E-state index contributed by atoms with van der Waals surface area (Å²) in [4.78, 5) is 8.78. The molecule has 0 N–H and O–H groups in total. The van der Waals surface area contributed by atoms with Gasteiger partial charge in [-0.15, -0.1) is 53.6 Å². The molecule has 1 aliphatic heterocycles. The van der Waals surface area contributed by atoms with E-state index in [1.165, 1.54) is 22.3 Å². The van der Waals surface area contributed by atoms with Crippen LogP contribution in [0.2, 0.25) is 0 Å². The summed E-state index contributed by atoms with van der Waals surface area (Å²) in [5.41, 5.74) is 12.5. The molecule has 2 aromatic heterocycles. The van der Waals surface area contributed by atoms with Crippen molar-refractivity contribution in [3.05, 3.63) is 271 Å². The van der Waals surface area contributed by atoms with E-state index in [0.717, 1.165) is 49.9 Å². The van der Waals surface area contributed by atoms with Gasteiger partial charge in [0.15, 0.2) is 0 Å². The molecular weight excluding hydrogens is 1320 g/mol. The van der Waals surface area contributed by atoms with Crippen molar-refractivity contribution in [1.82, 2.24) is 9.55 Å². The molecule has 0 amide bonds. The maximum absolute atomic E-state index is 9.22. The minimum absolute atomic E-state index is 0. The fraction of sp³-hybridized carbons (Fsp3) is 0.233. The van der Waals surface area contributed by atoms with Crippen molar-refractivity contribution in [3.8, 4) is 73.3 Å². The molecule has 0 radical (unpaired) electrons. The number of aromatic nitrogens is 2. The van der Waals surface area contributed by atoms with E-state index in [2.05, 4.69) is 187 Å². The van der Waals surface area contributed by atoms with Crippen molar-refractivity contribution in [2.24, 2.45) is 0 Å². The molecule has 6 nitrogen and oxygen atoms in total. The molecule has 0 saturated carbocycles. The first-order chi connectivity index (χ1) is 47.9. The molecule has 1 aliphatic rings. The Labute approximate surface area is 580 Å². The molecule has 0 aliphatic carbocycles. The van der Waals surface area contributed by atoms with Crippen LogP contribution in [0.4, 0.5) is 22.7 Å². The van der Waals surface area contributed by atoms with Crippen LogP contribution < -0.4 is 19.3 Å². The van der Waals surface area contributed by atoms with E-state index in [9.17, 15) is 5.48 Å². The van der Waals surface area contributed by atoms with E-state index in [1.807, 2.05) is 77.7 Å². The number of benzene rings is 10. The third kappa shape index (κ3) is 12.8. The van der Waals surface area contributed by atoms with Gasteiger partial charge >= 0.3 is 0 Å². The van der Waals surface area contributed by atoms with Crippen LogP contribution in [0.25, 0.3) is 72.1 Å². The zero-order chi connectivity index (χ0) is 73.4. The number of hydrogen-bond acceptors (Lipinski definition) is 5. The number of para-hydroxylation sites is 5. The van der Waals surface area contributed by atoms with Crippen LogP contribution in [0.15, 0.2) is 224 Å². The predicted octanol–water partition coefficient (Wildman–Crippen LogP) is 23.9. The number of pyridine rings is 1. The van der Waals surface area contributed by atoms with Crippen molar-refractivity contribution in [1.29, 1.82) is 0 Å². The fourth-order valence-corrected chi connectivity index (χ4v) is 12.0. The van der Waals surface area contributed by atoms with Crippen LogP contribution in [0, 0.1) is 18.8 Å². The van der Waals surface area contributed by atoms with Gasteiger partial charge in [0, 0.05) is 89.7 Å². The van der Waals surface area contributed by atoms with E-state index in [-0.39, 0.29) is 70.7 Å². The van der Waals surface area contributed by atoms with Gasteiger partial charge in [-0.2, -0.15) is 6.07 Å². The molecule has 0 atom stereocenters. The Morgan fingerprint density at radius 2 is 0.903 bits per heavy atom. The van der Waals surface area contributed by atoms with Crippen LogP contribution in [-0.4, -0.2) is 9.55 Å². The Balaban J connectivity index is 0.00001000. The molecule has 0 spiro atoms. The topological polar surface area (TPSA) is 42.8 Å². The summed E-state index contributed by atoms with van der Waals surface area (Å²) < 4.78 is 105. The molecule has 3 heterocycles. The van der Waals surface area contributed by atoms with Crippen molar-refractivity contribution in [3.63, 3.8) is 0 Å². The minimum Gasteiger partial charge on any atom is -0.509 e. The quantitative estimate of drug-likeness (QED) is 0.121.